The van der Waals surface area contributed by atoms with Crippen molar-refractivity contribution in [3.8, 4) is 0 Å². The number of amidine groups is 1. The fraction of sp³-hybridized carbons (Fsp3) is 0.286. The number of nitrogens with zero attached hydrogens (tertiary/aromatic N) is 3. The summed E-state index contributed by atoms with van der Waals surface area (Å²) >= 11 is 24.1. The van der Waals surface area contributed by atoms with Crippen molar-refractivity contribution >= 4 is 63.8 Å². The maximum Gasteiger partial charge on any atom is 1.00 e. The molecule has 0 aliphatic carbocycles. The van der Waals surface area contributed by atoms with Gasteiger partial charge in [-0.2, -0.15) is 5.01 Å². The van der Waals surface area contributed by atoms with Gasteiger partial charge in [-0.15, -0.1) is 11.4 Å². The molecule has 0 spiro atoms. The van der Waals surface area contributed by atoms with Crippen molar-refractivity contribution in [1.29, 1.82) is 0 Å². The zero-order valence-electron chi connectivity index (χ0n) is 12.7. The van der Waals surface area contributed by atoms with Gasteiger partial charge in [-0.05, 0) is 18.9 Å². The second-order valence-corrected chi connectivity index (χ2v) is 6.63. The Kier molecular flexibility index (Phi) is 6.76. The number of carbonyl (C=O) groups excluding carboxylic acids is 1. The molecular weight excluding hydrogens is 407 g/mol. The smallest absolute Gasteiger partial charge is 0.877 e. The summed E-state index contributed by atoms with van der Waals surface area (Å²) < 4.78 is 0. The predicted octanol–water partition coefficient (Wildman–Crippen LogP) is 0.304. The van der Waals surface area contributed by atoms with Crippen LogP contribution in [-0.4, -0.2) is 29.7 Å². The van der Waals surface area contributed by atoms with E-state index in [-0.39, 0.29) is 60.9 Å². The fourth-order valence-corrected chi connectivity index (χ4v) is 3.42. The Bertz CT molecular complexity index is 748. The molecule has 0 saturated carbocycles. The maximum atomic E-state index is 12.5. The van der Waals surface area contributed by atoms with Gasteiger partial charge in [0.2, 0.25) is 0 Å². The number of halogens is 4. The molecule has 0 aromatic heterocycles. The van der Waals surface area contributed by atoms with Crippen LogP contribution < -0.4 is 39.7 Å². The van der Waals surface area contributed by atoms with Crippen molar-refractivity contribution in [2.45, 2.75) is 12.8 Å². The van der Waals surface area contributed by atoms with Crippen LogP contribution in [0.15, 0.2) is 23.0 Å². The number of benzene rings is 1. The number of hydrogen-bond donors (Lipinski definition) is 0. The van der Waals surface area contributed by atoms with Crippen molar-refractivity contribution in [3.63, 3.8) is 0 Å². The fourth-order valence-electron chi connectivity index (χ4n) is 2.55. The average Bonchev–Trinajstić information content (AvgIpc) is 3.16. The normalized spacial score (nSPS) is 19.1. The minimum atomic E-state index is -0.571. The van der Waals surface area contributed by atoms with E-state index in [0.29, 0.717) is 12.1 Å². The van der Waals surface area contributed by atoms with E-state index in [2.05, 4.69) is 5.10 Å². The first-order chi connectivity index (χ1) is 11.0. The number of amides is 1. The van der Waals surface area contributed by atoms with E-state index < -0.39 is 5.91 Å². The van der Waals surface area contributed by atoms with Crippen LogP contribution in [0.5, 0.6) is 0 Å². The van der Waals surface area contributed by atoms with E-state index >= 15 is 0 Å². The third kappa shape index (κ3) is 3.40. The van der Waals surface area contributed by atoms with E-state index in [0.717, 1.165) is 30.9 Å². The minimum Gasteiger partial charge on any atom is -0.877 e. The van der Waals surface area contributed by atoms with Crippen LogP contribution in [0.1, 0.15) is 12.8 Å². The Labute approximate surface area is 181 Å². The molecule has 2 heterocycles. The molecule has 1 fully saturated rings. The Morgan fingerprint density at radius 3 is 2.29 bits per heavy atom. The minimum absolute atomic E-state index is 0. The van der Waals surface area contributed by atoms with Gasteiger partial charge in [-0.3, -0.25) is 4.79 Å². The molecule has 1 aromatic carbocycles. The van der Waals surface area contributed by atoms with Crippen molar-refractivity contribution < 1.29 is 39.5 Å². The molecule has 1 aromatic rings. The van der Waals surface area contributed by atoms with Gasteiger partial charge in [-0.1, -0.05) is 46.4 Å². The van der Waals surface area contributed by atoms with Gasteiger partial charge < -0.3 is 10.0 Å². The largest absolute Gasteiger partial charge is 1.00 e. The molecule has 122 valence electrons. The van der Waals surface area contributed by atoms with Crippen molar-refractivity contribution in [3.05, 3.63) is 38.0 Å². The molecule has 3 rings (SSSR count). The predicted molar refractivity (Wildman–Crippen MR) is 90.3 cm³/mol. The molecule has 0 atom stereocenters. The van der Waals surface area contributed by atoms with Crippen LogP contribution >= 0.6 is 46.4 Å². The van der Waals surface area contributed by atoms with Crippen molar-refractivity contribution in [2.24, 2.45) is 5.10 Å². The Morgan fingerprint density at radius 2 is 1.71 bits per heavy atom. The van der Waals surface area contributed by atoms with Crippen LogP contribution in [0, 0.1) is 0 Å². The van der Waals surface area contributed by atoms with Gasteiger partial charge in [0.15, 0.2) is 5.84 Å². The van der Waals surface area contributed by atoms with Gasteiger partial charge in [0.05, 0.1) is 31.4 Å². The molecule has 2 aliphatic rings. The van der Waals surface area contributed by atoms with E-state index in [1.54, 1.807) is 0 Å². The van der Waals surface area contributed by atoms with Crippen LogP contribution in [0.3, 0.4) is 0 Å². The first-order valence-electron chi connectivity index (χ1n) is 6.79. The van der Waals surface area contributed by atoms with Gasteiger partial charge in [0.1, 0.15) is 0 Å². The van der Waals surface area contributed by atoms with Gasteiger partial charge in [-0.25, -0.2) is 0 Å². The van der Waals surface area contributed by atoms with Gasteiger partial charge in [0, 0.05) is 13.1 Å². The molecule has 0 bridgehead atoms. The quantitative estimate of drug-likeness (QED) is 0.217. The molecule has 10 heteroatoms. The number of carbonyl (C=O) groups is 1. The Hall–Kier alpha value is -0.140. The summed E-state index contributed by atoms with van der Waals surface area (Å²) in [6.45, 7) is 1.49. The summed E-state index contributed by atoms with van der Waals surface area (Å²) in [5, 5.41) is 16.9. The summed E-state index contributed by atoms with van der Waals surface area (Å²) in [6, 6.07) is 1.40. The number of hydrogen-bond acceptors (Lipinski definition) is 4. The van der Waals surface area contributed by atoms with Crippen molar-refractivity contribution in [2.75, 3.05) is 18.1 Å². The van der Waals surface area contributed by atoms with Crippen LogP contribution in [0.25, 0.3) is 0 Å². The average molecular weight is 417 g/mol. The standard InChI is InChI=1S/C14H11Cl4N3O2.Na/c15-8-5-9(11(17)12(18)10(8)16)21-14(23)7(6-22)13(19-21)20-3-1-2-4-20;/h5-6,22H,1-4H2;/q;+1/p-1/b7-6-;. The number of likely N-dealkylation sites (tertiary alicyclic amines) is 1. The maximum absolute atomic E-state index is 12.5. The number of anilines is 1. The van der Waals surface area contributed by atoms with Gasteiger partial charge in [0.25, 0.3) is 5.91 Å². The second kappa shape index (κ2) is 8.04. The molecule has 1 amide bonds. The molecular formula is C14H10Cl4N3NaO2. The summed E-state index contributed by atoms with van der Waals surface area (Å²) in [7, 11) is 0. The Balaban J connectivity index is 0.00000208. The third-order valence-corrected chi connectivity index (χ3v) is 5.43. The first-order valence-corrected chi connectivity index (χ1v) is 8.30. The summed E-state index contributed by atoms with van der Waals surface area (Å²) in [5.41, 5.74) is 0.176. The summed E-state index contributed by atoms with van der Waals surface area (Å²) in [5.74, 6) is -0.223. The third-order valence-electron chi connectivity index (χ3n) is 3.69. The van der Waals surface area contributed by atoms with E-state index in [1.165, 1.54) is 6.07 Å². The van der Waals surface area contributed by atoms with E-state index in [4.69, 9.17) is 46.4 Å². The van der Waals surface area contributed by atoms with Crippen LogP contribution in [0.2, 0.25) is 20.1 Å². The summed E-state index contributed by atoms with van der Waals surface area (Å²) in [4.78, 5) is 14.4. The van der Waals surface area contributed by atoms with Crippen molar-refractivity contribution in [1.82, 2.24) is 4.90 Å². The molecule has 0 N–H and O–H groups in total. The molecule has 2 aliphatic heterocycles. The molecule has 0 unspecified atom stereocenters. The summed E-state index contributed by atoms with van der Waals surface area (Å²) in [6.07, 6.45) is 2.48. The van der Waals surface area contributed by atoms with E-state index in [1.807, 2.05) is 4.90 Å². The zero-order chi connectivity index (χ0) is 16.7. The molecule has 0 radical (unpaired) electrons. The number of rotatable bonds is 1. The second-order valence-electron chi connectivity index (χ2n) is 5.09. The SMILES string of the molecule is O=C1/C(=C\[O-])C(N2CCCC2)=NN1c1cc(Cl)c(Cl)c(Cl)c1Cl.[Na+]. The first kappa shape index (κ1) is 20.2. The number of hydrazone groups is 1. The molecule has 24 heavy (non-hydrogen) atoms. The van der Waals surface area contributed by atoms with Crippen LogP contribution in [-0.2, 0) is 4.79 Å². The van der Waals surface area contributed by atoms with E-state index in [9.17, 15) is 9.90 Å². The topological polar surface area (TPSA) is 59.0 Å². The van der Waals surface area contributed by atoms with Gasteiger partial charge >= 0.3 is 29.6 Å². The molecule has 5 nitrogen and oxygen atoms in total. The van der Waals surface area contributed by atoms with Crippen LogP contribution in [0.4, 0.5) is 5.69 Å². The zero-order valence-corrected chi connectivity index (χ0v) is 17.7. The Morgan fingerprint density at radius 1 is 1.08 bits per heavy atom. The monoisotopic (exact) mass is 415 g/mol. The molecule has 1 saturated heterocycles.